The van der Waals surface area contributed by atoms with Gasteiger partial charge in [0, 0.05) is 19.6 Å². The number of urea groups is 1. The average Bonchev–Trinajstić information content (AvgIpc) is 3.08. The Morgan fingerprint density at radius 3 is 2.57 bits per heavy atom. The number of likely N-dealkylation sites (N-methyl/N-ethyl adjacent to an activating group) is 1. The molecule has 0 bridgehead atoms. The second-order valence-corrected chi connectivity index (χ2v) is 7.27. The number of rotatable bonds is 9. The number of carbonyl (C=O) groups is 1. The van der Waals surface area contributed by atoms with Crippen molar-refractivity contribution in [2.75, 3.05) is 32.8 Å². The number of nitrogens with zero attached hydrogens (tertiary/aromatic N) is 2. The van der Waals surface area contributed by atoms with Crippen LogP contribution in [0.2, 0.25) is 0 Å². The van der Waals surface area contributed by atoms with Gasteiger partial charge in [-0.3, -0.25) is 0 Å². The fourth-order valence-corrected chi connectivity index (χ4v) is 3.62. The minimum atomic E-state index is -0.00828. The topological polar surface area (TPSA) is 44.8 Å². The van der Waals surface area contributed by atoms with Gasteiger partial charge in [0.2, 0.25) is 0 Å². The highest BCUT2D eigenvalue weighted by atomic mass is 16.5. The summed E-state index contributed by atoms with van der Waals surface area (Å²) < 4.78 is 5.96. The first-order valence-electron chi connectivity index (χ1n) is 10.2. The maximum Gasteiger partial charge on any atom is 0.318 e. The van der Waals surface area contributed by atoms with Gasteiger partial charge >= 0.3 is 6.03 Å². The molecule has 1 fully saturated rings. The van der Waals surface area contributed by atoms with E-state index in [4.69, 9.17) is 4.74 Å². The molecule has 0 spiro atoms. The van der Waals surface area contributed by atoms with E-state index < -0.39 is 0 Å². The molecule has 2 amide bonds. The molecule has 28 heavy (non-hydrogen) atoms. The molecule has 1 heterocycles. The van der Waals surface area contributed by atoms with Crippen LogP contribution in [-0.2, 0) is 6.54 Å². The number of hydrogen-bond donors (Lipinski definition) is 1. The summed E-state index contributed by atoms with van der Waals surface area (Å²) in [4.78, 5) is 16.6. The first-order valence-corrected chi connectivity index (χ1v) is 10.2. The highest BCUT2D eigenvalue weighted by Crippen LogP contribution is 2.24. The average molecular weight is 382 g/mol. The zero-order valence-corrected chi connectivity index (χ0v) is 17.1. The van der Waals surface area contributed by atoms with Crippen LogP contribution in [0, 0.1) is 6.92 Å². The Morgan fingerprint density at radius 1 is 1.14 bits per heavy atom. The Balaban J connectivity index is 1.56. The number of amides is 2. The predicted molar refractivity (Wildman–Crippen MR) is 113 cm³/mol. The molecule has 5 nitrogen and oxygen atoms in total. The summed E-state index contributed by atoms with van der Waals surface area (Å²) in [6.07, 6.45) is 0. The maximum atomic E-state index is 12.4. The lowest BCUT2D eigenvalue weighted by Crippen LogP contribution is -2.28. The number of benzene rings is 2. The number of nitrogens with one attached hydrogen (secondary N) is 1. The van der Waals surface area contributed by atoms with Crippen LogP contribution in [0.15, 0.2) is 48.5 Å². The van der Waals surface area contributed by atoms with E-state index in [2.05, 4.69) is 55.3 Å². The fourth-order valence-electron chi connectivity index (χ4n) is 3.62. The van der Waals surface area contributed by atoms with Gasteiger partial charge in [0.05, 0.1) is 6.04 Å². The lowest BCUT2D eigenvalue weighted by Gasteiger charge is -2.19. The quantitative estimate of drug-likeness (QED) is 0.714. The number of carbonyl (C=O) groups excluding carboxylic acids is 1. The standard InChI is InChI=1S/C23H31N3O2/c1-4-25(5-2)13-14-28-22-12-11-19(15-18(22)3)16-26-17-21(24-23(26)27)20-9-7-6-8-10-20/h6-12,15,21H,4-5,13-14,16-17H2,1-3H3,(H,24,27)/t21-/m1/s1. The van der Waals surface area contributed by atoms with E-state index in [1.54, 1.807) is 0 Å². The Hall–Kier alpha value is -2.53. The van der Waals surface area contributed by atoms with Gasteiger partial charge in [-0.05, 0) is 42.8 Å². The van der Waals surface area contributed by atoms with E-state index in [0.29, 0.717) is 19.7 Å². The summed E-state index contributed by atoms with van der Waals surface area (Å²) in [5.41, 5.74) is 3.38. The van der Waals surface area contributed by atoms with Gasteiger partial charge in [0.1, 0.15) is 12.4 Å². The Kier molecular flexibility index (Phi) is 6.93. The lowest BCUT2D eigenvalue weighted by atomic mass is 10.1. The third-order valence-corrected chi connectivity index (χ3v) is 5.36. The lowest BCUT2D eigenvalue weighted by molar-refractivity contribution is 0.215. The first kappa shape index (κ1) is 20.2. The molecular formula is C23H31N3O2. The number of ether oxygens (including phenoxy) is 1. The minimum absolute atomic E-state index is 0.00828. The molecule has 0 unspecified atom stereocenters. The molecule has 1 aliphatic heterocycles. The summed E-state index contributed by atoms with van der Waals surface area (Å²) in [5, 5.41) is 3.07. The van der Waals surface area contributed by atoms with Gasteiger partial charge in [-0.1, -0.05) is 56.3 Å². The maximum absolute atomic E-state index is 12.4. The SMILES string of the molecule is CCN(CC)CCOc1ccc(CN2C[C@H](c3ccccc3)NC2=O)cc1C. The Labute approximate surface area is 168 Å². The van der Waals surface area contributed by atoms with Gasteiger partial charge in [-0.25, -0.2) is 4.79 Å². The summed E-state index contributed by atoms with van der Waals surface area (Å²) in [5.74, 6) is 0.920. The molecule has 0 aromatic heterocycles. The first-order chi connectivity index (χ1) is 13.6. The van der Waals surface area contributed by atoms with Crippen LogP contribution in [-0.4, -0.2) is 48.6 Å². The van der Waals surface area contributed by atoms with Crippen molar-refractivity contribution in [1.29, 1.82) is 0 Å². The minimum Gasteiger partial charge on any atom is -0.492 e. The van der Waals surface area contributed by atoms with Crippen LogP contribution in [0.1, 0.15) is 36.6 Å². The summed E-state index contributed by atoms with van der Waals surface area (Å²) >= 11 is 0. The number of hydrogen-bond acceptors (Lipinski definition) is 3. The van der Waals surface area contributed by atoms with E-state index in [1.807, 2.05) is 29.2 Å². The van der Waals surface area contributed by atoms with Crippen molar-refractivity contribution in [3.8, 4) is 5.75 Å². The van der Waals surface area contributed by atoms with E-state index in [0.717, 1.165) is 42.1 Å². The molecule has 3 rings (SSSR count). The molecule has 150 valence electrons. The molecule has 5 heteroatoms. The van der Waals surface area contributed by atoms with E-state index >= 15 is 0 Å². The molecule has 0 aliphatic carbocycles. The molecule has 0 radical (unpaired) electrons. The molecule has 1 atom stereocenters. The van der Waals surface area contributed by atoms with Crippen LogP contribution in [0.5, 0.6) is 5.75 Å². The van der Waals surface area contributed by atoms with E-state index in [-0.39, 0.29) is 12.1 Å². The van der Waals surface area contributed by atoms with Crippen LogP contribution < -0.4 is 10.1 Å². The van der Waals surface area contributed by atoms with Crippen LogP contribution >= 0.6 is 0 Å². The Bertz CT molecular complexity index is 775. The van der Waals surface area contributed by atoms with Crippen LogP contribution in [0.3, 0.4) is 0 Å². The smallest absolute Gasteiger partial charge is 0.318 e. The number of aryl methyl sites for hydroxylation is 1. The van der Waals surface area contributed by atoms with E-state index in [1.165, 1.54) is 0 Å². The normalized spacial score (nSPS) is 16.5. The zero-order valence-electron chi connectivity index (χ0n) is 17.1. The van der Waals surface area contributed by atoms with Crippen molar-refractivity contribution in [1.82, 2.24) is 15.1 Å². The molecular weight excluding hydrogens is 350 g/mol. The van der Waals surface area contributed by atoms with Crippen molar-refractivity contribution in [2.24, 2.45) is 0 Å². The largest absolute Gasteiger partial charge is 0.492 e. The molecule has 0 saturated carbocycles. The second-order valence-electron chi connectivity index (χ2n) is 7.27. The van der Waals surface area contributed by atoms with Crippen LogP contribution in [0.4, 0.5) is 4.79 Å². The second kappa shape index (κ2) is 9.60. The third-order valence-electron chi connectivity index (χ3n) is 5.36. The highest BCUT2D eigenvalue weighted by molar-refractivity contribution is 5.77. The summed E-state index contributed by atoms with van der Waals surface area (Å²) in [6, 6.07) is 16.4. The Morgan fingerprint density at radius 2 is 1.89 bits per heavy atom. The van der Waals surface area contributed by atoms with Gasteiger partial charge < -0.3 is 19.9 Å². The van der Waals surface area contributed by atoms with Crippen molar-refractivity contribution in [3.63, 3.8) is 0 Å². The molecule has 2 aromatic carbocycles. The molecule has 1 N–H and O–H groups in total. The van der Waals surface area contributed by atoms with Gasteiger partial charge in [-0.15, -0.1) is 0 Å². The van der Waals surface area contributed by atoms with Crippen molar-refractivity contribution < 1.29 is 9.53 Å². The summed E-state index contributed by atoms with van der Waals surface area (Å²) in [6.45, 7) is 11.4. The third kappa shape index (κ3) is 5.04. The predicted octanol–water partition coefficient (Wildman–Crippen LogP) is 3.98. The highest BCUT2D eigenvalue weighted by Gasteiger charge is 2.29. The van der Waals surface area contributed by atoms with Gasteiger partial charge in [0.25, 0.3) is 0 Å². The van der Waals surface area contributed by atoms with Crippen molar-refractivity contribution >= 4 is 6.03 Å². The molecule has 1 aliphatic rings. The van der Waals surface area contributed by atoms with E-state index in [9.17, 15) is 4.79 Å². The van der Waals surface area contributed by atoms with Gasteiger partial charge in [0.15, 0.2) is 0 Å². The van der Waals surface area contributed by atoms with Crippen LogP contribution in [0.25, 0.3) is 0 Å². The fraction of sp³-hybridized carbons (Fsp3) is 0.435. The van der Waals surface area contributed by atoms with Gasteiger partial charge in [-0.2, -0.15) is 0 Å². The van der Waals surface area contributed by atoms with Crippen molar-refractivity contribution in [3.05, 3.63) is 65.2 Å². The van der Waals surface area contributed by atoms with Crippen molar-refractivity contribution in [2.45, 2.75) is 33.4 Å². The zero-order chi connectivity index (χ0) is 19.9. The molecule has 2 aromatic rings. The summed E-state index contributed by atoms with van der Waals surface area (Å²) in [7, 11) is 0. The monoisotopic (exact) mass is 381 g/mol. The molecule has 1 saturated heterocycles.